The molecule has 0 fully saturated rings. The summed E-state index contributed by atoms with van der Waals surface area (Å²) >= 11 is 6.15. The Hall–Kier alpha value is -3.30. The van der Waals surface area contributed by atoms with Crippen molar-refractivity contribution in [2.24, 2.45) is 0 Å². The number of aromatic nitrogens is 1. The van der Waals surface area contributed by atoms with Gasteiger partial charge in [-0.15, -0.1) is 0 Å². The second-order valence-electron chi connectivity index (χ2n) is 6.38. The number of hydrogen-bond acceptors (Lipinski definition) is 3. The third kappa shape index (κ3) is 4.16. The monoisotopic (exact) mass is 387 g/mol. The average Bonchev–Trinajstić information content (AvgIpc) is 2.75. The maximum absolute atomic E-state index is 10.0. The molecule has 0 bridgehead atoms. The molecule has 1 heterocycles. The van der Waals surface area contributed by atoms with Crippen LogP contribution in [0.3, 0.4) is 0 Å². The van der Waals surface area contributed by atoms with E-state index in [0.717, 1.165) is 28.0 Å². The van der Waals surface area contributed by atoms with Gasteiger partial charge >= 0.3 is 0 Å². The number of ether oxygens (including phenoxy) is 1. The molecule has 0 unspecified atom stereocenters. The van der Waals surface area contributed by atoms with Gasteiger partial charge in [-0.05, 0) is 53.6 Å². The number of fused-ring (bicyclic) bond motifs is 1. The fourth-order valence-electron chi connectivity index (χ4n) is 2.87. The van der Waals surface area contributed by atoms with Crippen LogP contribution in [0.25, 0.3) is 23.1 Å². The summed E-state index contributed by atoms with van der Waals surface area (Å²) < 4.78 is 5.81. The molecule has 3 aromatic carbocycles. The van der Waals surface area contributed by atoms with Crippen molar-refractivity contribution in [1.29, 1.82) is 0 Å². The molecule has 4 heteroatoms. The van der Waals surface area contributed by atoms with Gasteiger partial charge in [0.15, 0.2) is 0 Å². The molecule has 1 N–H and O–H groups in total. The lowest BCUT2D eigenvalue weighted by atomic mass is 10.1. The summed E-state index contributed by atoms with van der Waals surface area (Å²) in [7, 11) is 0. The van der Waals surface area contributed by atoms with Crippen LogP contribution in [0.2, 0.25) is 5.02 Å². The first kappa shape index (κ1) is 18.1. The first-order valence-corrected chi connectivity index (χ1v) is 9.30. The third-order valence-electron chi connectivity index (χ3n) is 4.38. The van der Waals surface area contributed by atoms with E-state index in [1.807, 2.05) is 78.9 Å². The van der Waals surface area contributed by atoms with Gasteiger partial charge in [0.05, 0.1) is 10.7 Å². The van der Waals surface area contributed by atoms with Gasteiger partial charge in [0.25, 0.3) is 0 Å². The summed E-state index contributed by atoms with van der Waals surface area (Å²) in [5.41, 5.74) is 3.41. The number of halogens is 1. The number of aromatic hydroxyl groups is 1. The van der Waals surface area contributed by atoms with Crippen LogP contribution in [0, 0.1) is 0 Å². The normalized spacial score (nSPS) is 11.2. The van der Waals surface area contributed by atoms with E-state index in [1.54, 1.807) is 12.1 Å². The maximum atomic E-state index is 10.0. The van der Waals surface area contributed by atoms with Gasteiger partial charge < -0.3 is 9.84 Å². The summed E-state index contributed by atoms with van der Waals surface area (Å²) in [5.74, 6) is 0.943. The van der Waals surface area contributed by atoms with E-state index >= 15 is 0 Å². The second-order valence-corrected chi connectivity index (χ2v) is 6.78. The summed E-state index contributed by atoms with van der Waals surface area (Å²) in [6.07, 6.45) is 3.87. The minimum atomic E-state index is 0.120. The first-order chi connectivity index (χ1) is 13.7. The van der Waals surface area contributed by atoms with Crippen LogP contribution in [0.5, 0.6) is 11.5 Å². The highest BCUT2D eigenvalue weighted by Gasteiger charge is 2.05. The molecule has 0 aliphatic carbocycles. The Morgan fingerprint density at radius 2 is 1.64 bits per heavy atom. The van der Waals surface area contributed by atoms with Gasteiger partial charge in [0, 0.05) is 5.39 Å². The molecule has 4 aromatic rings. The molecule has 28 heavy (non-hydrogen) atoms. The summed E-state index contributed by atoms with van der Waals surface area (Å²) in [6, 6.07) is 24.9. The number of hydrogen-bond donors (Lipinski definition) is 1. The summed E-state index contributed by atoms with van der Waals surface area (Å²) in [5, 5.41) is 11.3. The van der Waals surface area contributed by atoms with Gasteiger partial charge in [-0.3, -0.25) is 0 Å². The Balaban J connectivity index is 1.46. The molecule has 0 aliphatic heterocycles. The number of rotatable bonds is 5. The van der Waals surface area contributed by atoms with Crippen molar-refractivity contribution >= 4 is 34.7 Å². The van der Waals surface area contributed by atoms with Crippen molar-refractivity contribution in [2.75, 3.05) is 0 Å². The maximum Gasteiger partial charge on any atom is 0.141 e. The third-order valence-corrected chi connectivity index (χ3v) is 4.71. The van der Waals surface area contributed by atoms with Crippen molar-refractivity contribution in [2.45, 2.75) is 6.61 Å². The van der Waals surface area contributed by atoms with Crippen LogP contribution in [-0.2, 0) is 6.61 Å². The highest BCUT2D eigenvalue weighted by atomic mass is 35.5. The van der Waals surface area contributed by atoms with E-state index in [4.69, 9.17) is 16.3 Å². The molecule has 0 atom stereocenters. The van der Waals surface area contributed by atoms with Crippen LogP contribution in [-0.4, -0.2) is 10.1 Å². The smallest absolute Gasteiger partial charge is 0.141 e. The van der Waals surface area contributed by atoms with Gasteiger partial charge in [-0.1, -0.05) is 60.1 Å². The van der Waals surface area contributed by atoms with Crippen molar-refractivity contribution in [1.82, 2.24) is 4.98 Å². The van der Waals surface area contributed by atoms with E-state index < -0.39 is 0 Å². The fraction of sp³-hybridized carbons (Fsp3) is 0.0417. The number of phenols is 1. The second kappa shape index (κ2) is 8.15. The Bertz CT molecular complexity index is 1120. The zero-order valence-electron chi connectivity index (χ0n) is 15.0. The van der Waals surface area contributed by atoms with E-state index in [-0.39, 0.29) is 5.75 Å². The quantitative estimate of drug-likeness (QED) is 0.434. The molecule has 0 saturated heterocycles. The zero-order valence-corrected chi connectivity index (χ0v) is 15.8. The van der Waals surface area contributed by atoms with Gasteiger partial charge in [-0.2, -0.15) is 0 Å². The zero-order chi connectivity index (χ0) is 19.3. The lowest BCUT2D eigenvalue weighted by Crippen LogP contribution is -1.94. The molecule has 0 aliphatic rings. The summed E-state index contributed by atoms with van der Waals surface area (Å²) in [6.45, 7) is 0.545. The topological polar surface area (TPSA) is 42.4 Å². The molecule has 138 valence electrons. The number of pyridine rings is 1. The first-order valence-electron chi connectivity index (χ1n) is 8.92. The SMILES string of the molecule is Oc1ccc(Cl)c2ccc(/C=C/c3ccc(OCc4ccccc4)cc3)nc12. The standard InChI is InChI=1S/C24H18ClNO2/c25-22-14-15-23(27)24-21(22)13-10-19(26-24)9-6-17-7-11-20(12-8-17)28-16-18-4-2-1-3-5-18/h1-15,27H,16H2/b9-6+. The Labute approximate surface area is 168 Å². The molecular weight excluding hydrogens is 370 g/mol. The van der Waals surface area contributed by atoms with E-state index in [2.05, 4.69) is 4.98 Å². The number of nitrogens with zero attached hydrogens (tertiary/aromatic N) is 1. The molecule has 4 rings (SSSR count). The highest BCUT2D eigenvalue weighted by Crippen LogP contribution is 2.29. The van der Waals surface area contributed by atoms with Gasteiger partial charge in [-0.25, -0.2) is 4.98 Å². The minimum Gasteiger partial charge on any atom is -0.506 e. The molecular formula is C24H18ClNO2. The summed E-state index contributed by atoms with van der Waals surface area (Å²) in [4.78, 5) is 4.49. The van der Waals surface area contributed by atoms with Crippen LogP contribution < -0.4 is 4.74 Å². The van der Waals surface area contributed by atoms with Gasteiger partial charge in [0.1, 0.15) is 23.6 Å². The Morgan fingerprint density at radius 3 is 2.43 bits per heavy atom. The fourth-order valence-corrected chi connectivity index (χ4v) is 3.09. The van der Waals surface area contributed by atoms with Crippen molar-refractivity contribution in [3.63, 3.8) is 0 Å². The Morgan fingerprint density at radius 1 is 0.857 bits per heavy atom. The average molecular weight is 388 g/mol. The molecule has 0 spiro atoms. The van der Waals surface area contributed by atoms with E-state index in [1.165, 1.54) is 0 Å². The van der Waals surface area contributed by atoms with Crippen molar-refractivity contribution in [3.8, 4) is 11.5 Å². The lowest BCUT2D eigenvalue weighted by molar-refractivity contribution is 0.306. The van der Waals surface area contributed by atoms with Crippen LogP contribution in [0.1, 0.15) is 16.8 Å². The van der Waals surface area contributed by atoms with Crippen LogP contribution in [0.4, 0.5) is 0 Å². The van der Waals surface area contributed by atoms with Crippen LogP contribution >= 0.6 is 11.6 Å². The lowest BCUT2D eigenvalue weighted by Gasteiger charge is -2.06. The molecule has 1 aromatic heterocycles. The molecule has 0 amide bonds. The van der Waals surface area contributed by atoms with E-state index in [0.29, 0.717) is 17.1 Å². The predicted molar refractivity (Wildman–Crippen MR) is 115 cm³/mol. The largest absolute Gasteiger partial charge is 0.506 e. The van der Waals surface area contributed by atoms with E-state index in [9.17, 15) is 5.11 Å². The van der Waals surface area contributed by atoms with Crippen LogP contribution in [0.15, 0.2) is 78.9 Å². The minimum absolute atomic E-state index is 0.120. The molecule has 0 saturated carbocycles. The molecule has 0 radical (unpaired) electrons. The van der Waals surface area contributed by atoms with Crippen molar-refractivity contribution in [3.05, 3.63) is 101 Å². The van der Waals surface area contributed by atoms with Gasteiger partial charge in [0.2, 0.25) is 0 Å². The molecule has 3 nitrogen and oxygen atoms in total. The number of phenolic OH excluding ortho intramolecular Hbond substituents is 1. The predicted octanol–water partition coefficient (Wildman–Crippen LogP) is 6.34. The number of benzene rings is 3. The highest BCUT2D eigenvalue weighted by molar-refractivity contribution is 6.35. The Kier molecular flexibility index (Phi) is 5.27. The van der Waals surface area contributed by atoms with Crippen molar-refractivity contribution < 1.29 is 9.84 Å².